The number of rotatable bonds is 4. The molecule has 0 spiro atoms. The standard InChI is InChI=1S/C18H21N3OS2/c1-12-16(13-6-9-21(12)10-7-13)20-17(22)14-2-4-15(5-3-14)24-18-19-8-11-23-18/h2-5,8,11-13,16H,6-7,9-10H2,1H3,(H,20,22)/t12-,16-/m0/s1. The monoisotopic (exact) mass is 359 g/mol. The van der Waals surface area contributed by atoms with E-state index in [9.17, 15) is 4.79 Å². The van der Waals surface area contributed by atoms with Crippen molar-refractivity contribution in [2.24, 2.45) is 5.92 Å². The van der Waals surface area contributed by atoms with Crippen LogP contribution in [0.5, 0.6) is 0 Å². The van der Waals surface area contributed by atoms with Crippen LogP contribution in [0, 0.1) is 5.92 Å². The summed E-state index contributed by atoms with van der Waals surface area (Å²) in [4.78, 5) is 20.5. The fraction of sp³-hybridized carbons (Fsp3) is 0.444. The molecular formula is C18H21N3OS2. The molecule has 6 heteroatoms. The molecule has 1 aromatic heterocycles. The van der Waals surface area contributed by atoms with Gasteiger partial charge in [0.05, 0.1) is 0 Å². The summed E-state index contributed by atoms with van der Waals surface area (Å²) in [6.45, 7) is 4.60. The molecule has 126 valence electrons. The van der Waals surface area contributed by atoms with Crippen LogP contribution >= 0.6 is 23.1 Å². The average molecular weight is 360 g/mol. The van der Waals surface area contributed by atoms with Crippen molar-refractivity contribution in [3.63, 3.8) is 0 Å². The second-order valence-electron chi connectivity index (χ2n) is 6.54. The summed E-state index contributed by atoms with van der Waals surface area (Å²) in [6, 6.07) is 8.56. The van der Waals surface area contributed by atoms with Crippen molar-refractivity contribution in [2.45, 2.75) is 41.1 Å². The lowest BCUT2D eigenvalue weighted by atomic mass is 9.79. The summed E-state index contributed by atoms with van der Waals surface area (Å²) < 4.78 is 1.02. The number of carbonyl (C=O) groups excluding carboxylic acids is 1. The van der Waals surface area contributed by atoms with E-state index < -0.39 is 0 Å². The summed E-state index contributed by atoms with van der Waals surface area (Å²) in [7, 11) is 0. The first kappa shape index (κ1) is 16.1. The van der Waals surface area contributed by atoms with Crippen LogP contribution in [0.25, 0.3) is 0 Å². The van der Waals surface area contributed by atoms with Gasteiger partial charge in [0, 0.05) is 34.1 Å². The molecule has 0 saturated carbocycles. The zero-order valence-corrected chi connectivity index (χ0v) is 15.3. The van der Waals surface area contributed by atoms with E-state index in [0.29, 0.717) is 12.0 Å². The van der Waals surface area contributed by atoms with Crippen LogP contribution in [0.4, 0.5) is 0 Å². The van der Waals surface area contributed by atoms with E-state index in [1.165, 1.54) is 25.9 Å². The van der Waals surface area contributed by atoms with E-state index in [0.717, 1.165) is 14.8 Å². The number of benzene rings is 1. The summed E-state index contributed by atoms with van der Waals surface area (Å²) in [5, 5.41) is 5.26. The molecular weight excluding hydrogens is 338 g/mol. The largest absolute Gasteiger partial charge is 0.347 e. The molecule has 4 heterocycles. The molecule has 4 nitrogen and oxygen atoms in total. The maximum Gasteiger partial charge on any atom is 0.251 e. The minimum absolute atomic E-state index is 0.0476. The highest BCUT2D eigenvalue weighted by atomic mass is 32.2. The Morgan fingerprint density at radius 2 is 2.04 bits per heavy atom. The molecule has 3 aliphatic heterocycles. The van der Waals surface area contributed by atoms with E-state index in [1.807, 2.05) is 35.8 Å². The molecule has 5 rings (SSSR count). The number of thiazole rings is 1. The van der Waals surface area contributed by atoms with Gasteiger partial charge in [0.2, 0.25) is 0 Å². The molecule has 2 atom stereocenters. The SMILES string of the molecule is C[C@H]1[C@H](NC(=O)c2ccc(Sc3nccs3)cc2)C2CCN1CC2. The van der Waals surface area contributed by atoms with Gasteiger partial charge in [-0.25, -0.2) is 4.98 Å². The van der Waals surface area contributed by atoms with E-state index in [1.54, 1.807) is 23.1 Å². The smallest absolute Gasteiger partial charge is 0.251 e. The first-order valence-corrected chi connectivity index (χ1v) is 10.1. The van der Waals surface area contributed by atoms with Crippen LogP contribution in [0.15, 0.2) is 45.1 Å². The Hall–Kier alpha value is -1.37. The van der Waals surface area contributed by atoms with Crippen molar-refractivity contribution in [3.8, 4) is 0 Å². The third-order valence-electron chi connectivity index (χ3n) is 5.21. The molecule has 0 unspecified atom stereocenters. The molecule has 1 N–H and O–H groups in total. The van der Waals surface area contributed by atoms with Gasteiger partial charge in [-0.3, -0.25) is 9.69 Å². The van der Waals surface area contributed by atoms with Crippen LogP contribution in [0.3, 0.4) is 0 Å². The molecule has 24 heavy (non-hydrogen) atoms. The molecule has 1 amide bonds. The van der Waals surface area contributed by atoms with Crippen molar-refractivity contribution >= 4 is 29.0 Å². The number of carbonyl (C=O) groups is 1. The second-order valence-corrected chi connectivity index (χ2v) is 8.75. The van der Waals surface area contributed by atoms with E-state index >= 15 is 0 Å². The maximum absolute atomic E-state index is 12.6. The molecule has 0 radical (unpaired) electrons. The molecule has 2 bridgehead atoms. The summed E-state index contributed by atoms with van der Waals surface area (Å²) in [5.74, 6) is 0.681. The quantitative estimate of drug-likeness (QED) is 0.907. The minimum atomic E-state index is 0.0476. The highest BCUT2D eigenvalue weighted by Gasteiger charge is 2.40. The number of fused-ring (bicyclic) bond motifs is 3. The molecule has 1 aromatic carbocycles. The topological polar surface area (TPSA) is 45.2 Å². The number of aromatic nitrogens is 1. The highest BCUT2D eigenvalue weighted by molar-refractivity contribution is 8.01. The van der Waals surface area contributed by atoms with Crippen LogP contribution in [0.1, 0.15) is 30.1 Å². The highest BCUT2D eigenvalue weighted by Crippen LogP contribution is 2.32. The first-order chi connectivity index (χ1) is 11.7. The fourth-order valence-corrected chi connectivity index (χ4v) is 5.41. The molecule has 3 fully saturated rings. The van der Waals surface area contributed by atoms with Gasteiger partial charge in [-0.1, -0.05) is 11.8 Å². The van der Waals surface area contributed by atoms with Crippen molar-refractivity contribution in [1.82, 2.24) is 15.2 Å². The van der Waals surface area contributed by atoms with Crippen molar-refractivity contribution in [2.75, 3.05) is 13.1 Å². The Morgan fingerprint density at radius 1 is 1.29 bits per heavy atom. The number of amides is 1. The van der Waals surface area contributed by atoms with Gasteiger partial charge in [0.25, 0.3) is 5.91 Å². The summed E-state index contributed by atoms with van der Waals surface area (Å²) in [5.41, 5.74) is 0.738. The first-order valence-electron chi connectivity index (χ1n) is 8.43. The number of piperidine rings is 3. The zero-order valence-electron chi connectivity index (χ0n) is 13.6. The van der Waals surface area contributed by atoms with Gasteiger partial charge in [-0.05, 0) is 63.0 Å². The lowest BCUT2D eigenvalue weighted by Crippen LogP contribution is -2.62. The van der Waals surface area contributed by atoms with Gasteiger partial charge >= 0.3 is 0 Å². The van der Waals surface area contributed by atoms with E-state index in [2.05, 4.69) is 22.1 Å². The van der Waals surface area contributed by atoms with Crippen LogP contribution in [0.2, 0.25) is 0 Å². The molecule has 0 aliphatic carbocycles. The van der Waals surface area contributed by atoms with E-state index in [-0.39, 0.29) is 11.9 Å². The van der Waals surface area contributed by atoms with Crippen molar-refractivity contribution in [3.05, 3.63) is 41.4 Å². The Morgan fingerprint density at radius 3 is 2.67 bits per heavy atom. The Labute approximate surface area is 150 Å². The predicted octanol–water partition coefficient (Wildman–Crippen LogP) is 3.51. The van der Waals surface area contributed by atoms with Crippen LogP contribution < -0.4 is 5.32 Å². The number of nitrogens with one attached hydrogen (secondary N) is 1. The third kappa shape index (κ3) is 3.23. The molecule has 2 aromatic rings. The third-order valence-corrected chi connectivity index (χ3v) is 7.10. The lowest BCUT2D eigenvalue weighted by molar-refractivity contribution is 0.0217. The molecule has 3 saturated heterocycles. The summed E-state index contributed by atoms with van der Waals surface area (Å²) in [6.07, 6.45) is 4.22. The van der Waals surface area contributed by atoms with E-state index in [4.69, 9.17) is 0 Å². The Balaban J connectivity index is 1.41. The second kappa shape index (κ2) is 6.86. The van der Waals surface area contributed by atoms with Crippen LogP contribution in [-0.2, 0) is 0 Å². The molecule has 3 aliphatic rings. The van der Waals surface area contributed by atoms with Gasteiger partial charge in [0.1, 0.15) is 0 Å². The van der Waals surface area contributed by atoms with Crippen molar-refractivity contribution in [1.29, 1.82) is 0 Å². The van der Waals surface area contributed by atoms with Crippen molar-refractivity contribution < 1.29 is 4.79 Å². The lowest BCUT2D eigenvalue weighted by Gasteiger charge is -2.49. The predicted molar refractivity (Wildman–Crippen MR) is 97.7 cm³/mol. The van der Waals surface area contributed by atoms with Gasteiger partial charge in [0.15, 0.2) is 4.34 Å². The number of hydrogen-bond donors (Lipinski definition) is 1. The number of hydrogen-bond acceptors (Lipinski definition) is 5. The van der Waals surface area contributed by atoms with Gasteiger partial charge in [-0.2, -0.15) is 0 Å². The zero-order chi connectivity index (χ0) is 16.5. The Bertz CT molecular complexity index is 692. The van der Waals surface area contributed by atoms with Crippen LogP contribution in [-0.4, -0.2) is 41.0 Å². The number of nitrogens with zero attached hydrogens (tertiary/aromatic N) is 2. The fourth-order valence-electron chi connectivity index (χ4n) is 3.82. The van der Waals surface area contributed by atoms with Gasteiger partial charge in [-0.15, -0.1) is 11.3 Å². The van der Waals surface area contributed by atoms with Gasteiger partial charge < -0.3 is 5.32 Å². The Kier molecular flexibility index (Phi) is 4.61. The average Bonchev–Trinajstić information content (AvgIpc) is 3.12. The minimum Gasteiger partial charge on any atom is -0.347 e. The summed E-state index contributed by atoms with van der Waals surface area (Å²) >= 11 is 3.26. The normalized spacial score (nSPS) is 28.7. The maximum atomic E-state index is 12.6.